The molecule has 1 aliphatic heterocycles. The van der Waals surface area contributed by atoms with Crippen LogP contribution in [0.5, 0.6) is 0 Å². The van der Waals surface area contributed by atoms with Crippen molar-refractivity contribution in [1.29, 1.82) is 0 Å². The van der Waals surface area contributed by atoms with Gasteiger partial charge in [0.15, 0.2) is 0 Å². The predicted octanol–water partition coefficient (Wildman–Crippen LogP) is 1.64. The van der Waals surface area contributed by atoms with Gasteiger partial charge in [-0.2, -0.15) is 5.10 Å². The highest BCUT2D eigenvalue weighted by Crippen LogP contribution is 2.16. The Morgan fingerprint density at radius 2 is 2.04 bits per heavy atom. The van der Waals surface area contributed by atoms with Crippen molar-refractivity contribution in [2.24, 2.45) is 0 Å². The highest BCUT2D eigenvalue weighted by atomic mass is 35.5. The molecule has 1 amide bonds. The Balaban J connectivity index is 0.00000225. The lowest BCUT2D eigenvalue weighted by Gasteiger charge is -2.27. The van der Waals surface area contributed by atoms with Crippen LogP contribution in [0.15, 0.2) is 36.7 Å². The Morgan fingerprint density at radius 3 is 2.80 bits per heavy atom. The molecule has 136 valence electrons. The summed E-state index contributed by atoms with van der Waals surface area (Å²) in [5, 5.41) is 11.2. The molecular weight excluding hydrogens is 361 g/mol. The van der Waals surface area contributed by atoms with E-state index < -0.39 is 0 Å². The van der Waals surface area contributed by atoms with Crippen LogP contribution in [0.4, 0.5) is 0 Å². The van der Waals surface area contributed by atoms with Crippen LogP contribution < -0.4 is 10.6 Å². The number of nitrogens with one attached hydrogen (secondary N) is 2. The van der Waals surface area contributed by atoms with Gasteiger partial charge in [-0.25, -0.2) is 0 Å². The van der Waals surface area contributed by atoms with E-state index in [9.17, 15) is 4.79 Å². The number of amides is 1. The fourth-order valence-electron chi connectivity index (χ4n) is 2.73. The number of carbonyl (C=O) groups is 1. The van der Waals surface area contributed by atoms with Gasteiger partial charge in [0, 0.05) is 50.5 Å². The number of carbonyl (C=O) groups excluding carboxylic acids is 1. The van der Waals surface area contributed by atoms with E-state index in [1.165, 1.54) is 0 Å². The molecule has 1 aromatic heterocycles. The van der Waals surface area contributed by atoms with Gasteiger partial charge >= 0.3 is 0 Å². The normalized spacial score (nSPS) is 14.8. The SMILES string of the molecule is Cl.O=C(NCCN1CCNCC1)c1cnn(Cc2ccccc2Cl)c1. The molecule has 25 heavy (non-hydrogen) atoms. The van der Waals surface area contributed by atoms with Crippen molar-refractivity contribution in [3.63, 3.8) is 0 Å². The molecule has 0 atom stereocenters. The number of halogens is 2. The maximum absolute atomic E-state index is 12.2. The lowest BCUT2D eigenvalue weighted by molar-refractivity contribution is 0.0947. The molecule has 1 aliphatic rings. The summed E-state index contributed by atoms with van der Waals surface area (Å²) in [6, 6.07) is 7.64. The minimum atomic E-state index is -0.0875. The highest BCUT2D eigenvalue weighted by Gasteiger charge is 2.12. The molecule has 0 spiro atoms. The van der Waals surface area contributed by atoms with Crippen LogP contribution in [0.25, 0.3) is 0 Å². The van der Waals surface area contributed by atoms with Crippen LogP contribution in [-0.4, -0.2) is 59.9 Å². The van der Waals surface area contributed by atoms with E-state index in [1.54, 1.807) is 17.1 Å². The number of hydrogen-bond donors (Lipinski definition) is 2. The number of benzene rings is 1. The van der Waals surface area contributed by atoms with Crippen molar-refractivity contribution in [2.75, 3.05) is 39.3 Å². The van der Waals surface area contributed by atoms with Crippen LogP contribution in [-0.2, 0) is 6.54 Å². The van der Waals surface area contributed by atoms with E-state index in [2.05, 4.69) is 20.6 Å². The van der Waals surface area contributed by atoms with E-state index in [1.807, 2.05) is 24.3 Å². The van der Waals surface area contributed by atoms with Gasteiger partial charge in [-0.3, -0.25) is 14.4 Å². The quantitative estimate of drug-likeness (QED) is 0.795. The van der Waals surface area contributed by atoms with Crippen molar-refractivity contribution in [2.45, 2.75) is 6.54 Å². The van der Waals surface area contributed by atoms with Gasteiger partial charge in [0.05, 0.1) is 18.3 Å². The third-order valence-corrected chi connectivity index (χ3v) is 4.48. The van der Waals surface area contributed by atoms with Gasteiger partial charge in [0.2, 0.25) is 0 Å². The Labute approximate surface area is 158 Å². The first-order valence-electron chi connectivity index (χ1n) is 8.19. The van der Waals surface area contributed by atoms with Crippen LogP contribution >= 0.6 is 24.0 Å². The van der Waals surface area contributed by atoms with Gasteiger partial charge in [-0.15, -0.1) is 12.4 Å². The fraction of sp³-hybridized carbons (Fsp3) is 0.412. The highest BCUT2D eigenvalue weighted by molar-refractivity contribution is 6.31. The molecule has 1 aromatic carbocycles. The topological polar surface area (TPSA) is 62.2 Å². The number of rotatable bonds is 6. The van der Waals surface area contributed by atoms with E-state index in [4.69, 9.17) is 11.6 Å². The second-order valence-corrected chi connectivity index (χ2v) is 6.27. The van der Waals surface area contributed by atoms with Crippen molar-refractivity contribution in [3.05, 3.63) is 52.8 Å². The molecule has 0 unspecified atom stereocenters. The van der Waals surface area contributed by atoms with Gasteiger partial charge in [0.1, 0.15) is 0 Å². The molecule has 1 saturated heterocycles. The standard InChI is InChI=1S/C17H22ClN5O.ClH/c18-16-4-2-1-3-14(16)12-23-13-15(11-21-23)17(24)20-7-10-22-8-5-19-6-9-22;/h1-4,11,13,19H,5-10,12H2,(H,20,24);1H. The van der Waals surface area contributed by atoms with E-state index in [0.29, 0.717) is 23.7 Å². The first-order valence-corrected chi connectivity index (χ1v) is 8.57. The fourth-order valence-corrected chi connectivity index (χ4v) is 2.93. The summed E-state index contributed by atoms with van der Waals surface area (Å²) >= 11 is 6.16. The largest absolute Gasteiger partial charge is 0.351 e. The number of nitrogens with zero attached hydrogens (tertiary/aromatic N) is 3. The summed E-state index contributed by atoms with van der Waals surface area (Å²) < 4.78 is 1.73. The molecular formula is C17H23Cl2N5O. The summed E-state index contributed by atoms with van der Waals surface area (Å²) in [5.74, 6) is -0.0875. The molecule has 0 bridgehead atoms. The summed E-state index contributed by atoms with van der Waals surface area (Å²) in [5.41, 5.74) is 1.55. The van der Waals surface area contributed by atoms with Crippen LogP contribution in [0.2, 0.25) is 5.02 Å². The first-order chi connectivity index (χ1) is 11.7. The Kier molecular flexibility index (Phi) is 7.71. The Morgan fingerprint density at radius 1 is 1.28 bits per heavy atom. The van der Waals surface area contributed by atoms with Crippen molar-refractivity contribution in [1.82, 2.24) is 25.3 Å². The first kappa shape index (κ1) is 19.7. The van der Waals surface area contributed by atoms with Crippen LogP contribution in [0.1, 0.15) is 15.9 Å². The smallest absolute Gasteiger partial charge is 0.254 e. The minimum Gasteiger partial charge on any atom is -0.351 e. The summed E-state index contributed by atoms with van der Waals surface area (Å²) in [6.07, 6.45) is 3.35. The zero-order valence-electron chi connectivity index (χ0n) is 13.9. The van der Waals surface area contributed by atoms with Gasteiger partial charge in [-0.1, -0.05) is 29.8 Å². The van der Waals surface area contributed by atoms with Crippen LogP contribution in [0, 0.1) is 0 Å². The molecule has 2 heterocycles. The third-order valence-electron chi connectivity index (χ3n) is 4.11. The lowest BCUT2D eigenvalue weighted by Crippen LogP contribution is -2.46. The zero-order valence-corrected chi connectivity index (χ0v) is 15.5. The maximum Gasteiger partial charge on any atom is 0.254 e. The third kappa shape index (κ3) is 5.71. The lowest BCUT2D eigenvalue weighted by atomic mass is 10.2. The van der Waals surface area contributed by atoms with Gasteiger partial charge in [-0.05, 0) is 11.6 Å². The maximum atomic E-state index is 12.2. The van der Waals surface area contributed by atoms with Crippen LogP contribution in [0.3, 0.4) is 0 Å². The summed E-state index contributed by atoms with van der Waals surface area (Å²) in [4.78, 5) is 14.5. The van der Waals surface area contributed by atoms with Crippen molar-refractivity contribution in [3.8, 4) is 0 Å². The zero-order chi connectivity index (χ0) is 16.8. The Bertz CT molecular complexity index is 685. The van der Waals surface area contributed by atoms with E-state index in [0.717, 1.165) is 38.3 Å². The second kappa shape index (κ2) is 9.77. The molecule has 0 aliphatic carbocycles. The second-order valence-electron chi connectivity index (χ2n) is 5.87. The number of piperazine rings is 1. The summed E-state index contributed by atoms with van der Waals surface area (Å²) in [6.45, 7) is 6.17. The molecule has 1 fully saturated rings. The molecule has 2 N–H and O–H groups in total. The van der Waals surface area contributed by atoms with E-state index >= 15 is 0 Å². The van der Waals surface area contributed by atoms with Crippen molar-refractivity contribution >= 4 is 29.9 Å². The average molecular weight is 384 g/mol. The average Bonchev–Trinajstić information content (AvgIpc) is 3.07. The molecule has 6 nitrogen and oxygen atoms in total. The molecule has 0 radical (unpaired) electrons. The van der Waals surface area contributed by atoms with Crippen molar-refractivity contribution < 1.29 is 4.79 Å². The predicted molar refractivity (Wildman–Crippen MR) is 102 cm³/mol. The molecule has 0 saturated carbocycles. The number of aromatic nitrogens is 2. The summed E-state index contributed by atoms with van der Waals surface area (Å²) in [7, 11) is 0. The number of hydrogen-bond acceptors (Lipinski definition) is 4. The van der Waals surface area contributed by atoms with Gasteiger partial charge < -0.3 is 10.6 Å². The van der Waals surface area contributed by atoms with Gasteiger partial charge in [0.25, 0.3) is 5.91 Å². The monoisotopic (exact) mass is 383 g/mol. The van der Waals surface area contributed by atoms with E-state index in [-0.39, 0.29) is 18.3 Å². The molecule has 2 aromatic rings. The molecule has 8 heteroatoms. The minimum absolute atomic E-state index is 0. The Hall–Kier alpha value is -1.60. The molecule has 3 rings (SSSR count).